The zero-order valence-corrected chi connectivity index (χ0v) is 23.9. The third kappa shape index (κ3) is 5.05. The lowest BCUT2D eigenvalue weighted by Gasteiger charge is -2.25. The lowest BCUT2D eigenvalue weighted by molar-refractivity contribution is 0.393. The maximum atomic E-state index is 5.01. The zero-order valence-electron chi connectivity index (χ0n) is 23.1. The Morgan fingerprint density at radius 3 is 2.73 bits per heavy atom. The van der Waals surface area contributed by atoms with Crippen LogP contribution in [0.3, 0.4) is 0 Å². The molecular formula is C33H34N6S. The van der Waals surface area contributed by atoms with E-state index in [9.17, 15) is 0 Å². The molecule has 0 unspecified atom stereocenters. The number of rotatable bonds is 8. The molecule has 1 fully saturated rings. The quantitative estimate of drug-likeness (QED) is 0.170. The molecule has 1 saturated carbocycles. The first-order valence-corrected chi connectivity index (χ1v) is 14.7. The first-order valence-electron chi connectivity index (χ1n) is 13.9. The van der Waals surface area contributed by atoms with Crippen molar-refractivity contribution < 1.29 is 0 Å². The third-order valence-electron chi connectivity index (χ3n) is 7.73. The molecule has 0 atom stereocenters. The number of allylic oxidation sites excluding steroid dienone is 5. The number of hydrogen-bond donors (Lipinski definition) is 3. The van der Waals surface area contributed by atoms with E-state index >= 15 is 0 Å². The van der Waals surface area contributed by atoms with Gasteiger partial charge in [0, 0.05) is 32.1 Å². The van der Waals surface area contributed by atoms with E-state index in [1.807, 2.05) is 19.2 Å². The van der Waals surface area contributed by atoms with Crippen molar-refractivity contribution in [1.29, 1.82) is 0 Å². The molecule has 1 aliphatic rings. The van der Waals surface area contributed by atoms with Gasteiger partial charge in [-0.2, -0.15) is 5.10 Å². The summed E-state index contributed by atoms with van der Waals surface area (Å²) < 4.78 is 0. The van der Waals surface area contributed by atoms with Crippen LogP contribution in [0.5, 0.6) is 0 Å². The van der Waals surface area contributed by atoms with Gasteiger partial charge in [0.2, 0.25) is 0 Å². The Balaban J connectivity index is 1.33. The van der Waals surface area contributed by atoms with Gasteiger partial charge >= 0.3 is 0 Å². The minimum Gasteiger partial charge on any atom is -0.359 e. The van der Waals surface area contributed by atoms with Crippen LogP contribution in [0.4, 0.5) is 0 Å². The molecule has 4 aromatic heterocycles. The van der Waals surface area contributed by atoms with Crippen molar-refractivity contribution in [3.8, 4) is 22.0 Å². The number of aryl methyl sites for hydroxylation is 1. The predicted molar refractivity (Wildman–Crippen MR) is 168 cm³/mol. The van der Waals surface area contributed by atoms with Crippen molar-refractivity contribution in [3.63, 3.8) is 0 Å². The first kappa shape index (κ1) is 26.0. The largest absolute Gasteiger partial charge is 0.359 e. The van der Waals surface area contributed by atoms with Gasteiger partial charge in [-0.3, -0.25) is 10.1 Å². The summed E-state index contributed by atoms with van der Waals surface area (Å²) in [6.07, 6.45) is 14.1. The molecule has 7 heteroatoms. The Kier molecular flexibility index (Phi) is 7.22. The summed E-state index contributed by atoms with van der Waals surface area (Å²) in [5, 5.41) is 12.3. The van der Waals surface area contributed by atoms with Gasteiger partial charge in [0.15, 0.2) is 5.82 Å². The maximum absolute atomic E-state index is 5.01. The molecule has 0 amide bonds. The van der Waals surface area contributed by atoms with Crippen LogP contribution < -0.4 is 5.32 Å². The topological polar surface area (TPSA) is 82.3 Å². The lowest BCUT2D eigenvalue weighted by atomic mass is 9.87. The first-order chi connectivity index (χ1) is 19.5. The highest BCUT2D eigenvalue weighted by Gasteiger charge is 2.18. The Morgan fingerprint density at radius 2 is 1.98 bits per heavy atom. The molecule has 0 aliphatic heterocycles. The van der Waals surface area contributed by atoms with Crippen LogP contribution in [0.25, 0.3) is 49.5 Å². The van der Waals surface area contributed by atoms with Gasteiger partial charge in [-0.25, -0.2) is 4.98 Å². The normalized spacial score (nSPS) is 15.2. The van der Waals surface area contributed by atoms with Crippen LogP contribution in [0, 0.1) is 12.8 Å². The van der Waals surface area contributed by atoms with E-state index in [0.717, 1.165) is 61.7 Å². The predicted octanol–water partition coefficient (Wildman–Crippen LogP) is 8.69. The summed E-state index contributed by atoms with van der Waals surface area (Å²) in [7, 11) is 0. The fourth-order valence-corrected chi connectivity index (χ4v) is 6.43. The highest BCUT2D eigenvalue weighted by molar-refractivity contribution is 7.15. The second-order valence-corrected chi connectivity index (χ2v) is 11.7. The highest BCUT2D eigenvalue weighted by atomic mass is 32.1. The van der Waals surface area contributed by atoms with E-state index in [-0.39, 0.29) is 0 Å². The fraction of sp³-hybridized carbons (Fsp3) is 0.242. The molecule has 40 heavy (non-hydrogen) atoms. The summed E-state index contributed by atoms with van der Waals surface area (Å²) in [5.41, 5.74) is 8.54. The second kappa shape index (κ2) is 11.1. The van der Waals surface area contributed by atoms with Crippen LogP contribution in [0.1, 0.15) is 49.6 Å². The van der Waals surface area contributed by atoms with Gasteiger partial charge in [-0.05, 0) is 74.6 Å². The molecule has 6 nitrogen and oxygen atoms in total. The summed E-state index contributed by atoms with van der Waals surface area (Å²) in [6, 6.07) is 12.6. The van der Waals surface area contributed by atoms with Crippen LogP contribution in [0.15, 0.2) is 85.4 Å². The molecule has 5 aromatic rings. The molecule has 0 radical (unpaired) electrons. The molecule has 1 aliphatic carbocycles. The van der Waals surface area contributed by atoms with Gasteiger partial charge in [-0.1, -0.05) is 50.6 Å². The number of thiophene rings is 1. The Morgan fingerprint density at radius 1 is 1.12 bits per heavy atom. The summed E-state index contributed by atoms with van der Waals surface area (Å²) >= 11 is 1.78. The van der Waals surface area contributed by atoms with Gasteiger partial charge in [0.25, 0.3) is 0 Å². The summed E-state index contributed by atoms with van der Waals surface area (Å²) in [4.78, 5) is 15.7. The van der Waals surface area contributed by atoms with E-state index in [0.29, 0.717) is 5.92 Å². The van der Waals surface area contributed by atoms with Crippen molar-refractivity contribution >= 4 is 38.8 Å². The van der Waals surface area contributed by atoms with E-state index in [4.69, 9.17) is 9.97 Å². The maximum Gasteiger partial charge on any atom is 0.159 e. The van der Waals surface area contributed by atoms with Gasteiger partial charge in [-0.15, -0.1) is 11.3 Å². The number of H-pyrrole nitrogens is 2. The smallest absolute Gasteiger partial charge is 0.159 e. The molecule has 1 aromatic carbocycles. The highest BCUT2D eigenvalue weighted by Crippen LogP contribution is 2.35. The molecule has 0 saturated heterocycles. The van der Waals surface area contributed by atoms with Crippen molar-refractivity contribution in [1.82, 2.24) is 30.5 Å². The lowest BCUT2D eigenvalue weighted by Crippen LogP contribution is -2.20. The molecule has 0 spiro atoms. The number of hydrogen-bond acceptors (Lipinski definition) is 5. The summed E-state index contributed by atoms with van der Waals surface area (Å²) in [6.45, 7) is 12.5. The van der Waals surface area contributed by atoms with Gasteiger partial charge in [0.1, 0.15) is 5.69 Å². The SMILES string of the molecule is C=C/C(=C\C(=C/C)c1cc2c(-c3nc4c(-c5ccc(C)s5)cccc4[nH]3)n[nH]c2cn1)NC(=C)C1CCCCC1. The summed E-state index contributed by atoms with van der Waals surface area (Å²) in [5.74, 6) is 1.25. The number of imidazole rings is 1. The molecule has 202 valence electrons. The van der Waals surface area contributed by atoms with Crippen molar-refractivity contribution in [3.05, 3.63) is 95.9 Å². The number of fused-ring (bicyclic) bond motifs is 2. The minimum atomic E-state index is 0.516. The Labute approximate surface area is 238 Å². The number of pyridine rings is 1. The van der Waals surface area contributed by atoms with Crippen molar-refractivity contribution in [2.75, 3.05) is 0 Å². The molecule has 3 N–H and O–H groups in total. The number of aromatic amines is 2. The molecule has 0 bridgehead atoms. The van der Waals surface area contributed by atoms with Crippen LogP contribution in [0.2, 0.25) is 0 Å². The Bertz CT molecular complexity index is 1770. The monoisotopic (exact) mass is 546 g/mol. The Hall–Kier alpha value is -4.23. The average molecular weight is 547 g/mol. The number of para-hydroxylation sites is 1. The van der Waals surface area contributed by atoms with Crippen LogP contribution >= 0.6 is 11.3 Å². The van der Waals surface area contributed by atoms with Crippen LogP contribution in [-0.2, 0) is 0 Å². The van der Waals surface area contributed by atoms with E-state index in [1.54, 1.807) is 11.3 Å². The molecular weight excluding hydrogens is 512 g/mol. The standard InChI is InChI=1S/C33H34N6S/c1-5-22(17-24(6-2)35-21(4)23-11-8-7-9-12-23)28-18-26-29(19-34-28)38-39-32(26)33-36-27-14-10-13-25(31(27)37-33)30-16-15-20(3)40-30/h5-6,10,13-19,23,35H,2,4,7-9,11-12H2,1,3H3,(H,36,37)(H,38,39)/b22-5+,24-17+. The second-order valence-electron chi connectivity index (χ2n) is 10.4. The number of benzene rings is 1. The average Bonchev–Trinajstić information content (AvgIpc) is 3.72. The van der Waals surface area contributed by atoms with E-state index in [1.165, 1.54) is 41.9 Å². The van der Waals surface area contributed by atoms with Crippen LogP contribution in [-0.4, -0.2) is 25.1 Å². The minimum absolute atomic E-state index is 0.516. The van der Waals surface area contributed by atoms with Gasteiger partial charge < -0.3 is 10.3 Å². The van der Waals surface area contributed by atoms with Crippen molar-refractivity contribution in [2.24, 2.45) is 5.92 Å². The fourth-order valence-electron chi connectivity index (χ4n) is 5.53. The number of aromatic nitrogens is 5. The zero-order chi connectivity index (χ0) is 27.6. The third-order valence-corrected chi connectivity index (χ3v) is 8.76. The van der Waals surface area contributed by atoms with E-state index < -0.39 is 0 Å². The van der Waals surface area contributed by atoms with Gasteiger partial charge in [0.05, 0.1) is 28.4 Å². The molecule has 6 rings (SSSR count). The van der Waals surface area contributed by atoms with E-state index in [2.05, 4.69) is 89.1 Å². The van der Waals surface area contributed by atoms with Crippen molar-refractivity contribution in [2.45, 2.75) is 46.0 Å². The number of nitrogens with zero attached hydrogens (tertiary/aromatic N) is 3. The number of nitrogens with one attached hydrogen (secondary N) is 3. The molecule has 4 heterocycles.